The van der Waals surface area contributed by atoms with E-state index in [4.69, 9.17) is 5.73 Å². The molecule has 0 unspecified atom stereocenters. The Bertz CT molecular complexity index is 766. The zero-order valence-electron chi connectivity index (χ0n) is 13.0. The zero-order chi connectivity index (χ0) is 16.9. The van der Waals surface area contributed by atoms with Gasteiger partial charge in [0.05, 0.1) is 0 Å². The molecule has 1 aromatic heterocycles. The third-order valence-corrected chi connectivity index (χ3v) is 3.67. The zero-order valence-corrected chi connectivity index (χ0v) is 13.0. The third-order valence-electron chi connectivity index (χ3n) is 3.67. The number of nitrogens with zero attached hydrogens (tertiary/aromatic N) is 2. The Hall–Kier alpha value is -2.95. The van der Waals surface area contributed by atoms with Crippen LogP contribution in [0.1, 0.15) is 11.1 Å². The molecule has 24 heavy (non-hydrogen) atoms. The molecular formula is C19H17F2N3. The van der Waals surface area contributed by atoms with Gasteiger partial charge < -0.3 is 10.6 Å². The molecule has 0 aliphatic carbocycles. The predicted molar refractivity (Wildman–Crippen MR) is 91.3 cm³/mol. The van der Waals surface area contributed by atoms with Gasteiger partial charge in [0, 0.05) is 19.2 Å². The maximum absolute atomic E-state index is 14.3. The summed E-state index contributed by atoms with van der Waals surface area (Å²) in [5.74, 6) is -1.84. The van der Waals surface area contributed by atoms with Gasteiger partial charge in [-0.3, -0.25) is 0 Å². The molecule has 122 valence electrons. The number of nitrogen functional groups attached to an aromatic ring is 1. The van der Waals surface area contributed by atoms with E-state index in [0.29, 0.717) is 13.1 Å². The summed E-state index contributed by atoms with van der Waals surface area (Å²) in [5, 5.41) is 0. The van der Waals surface area contributed by atoms with Gasteiger partial charge in [-0.15, -0.1) is 0 Å². The average molecular weight is 325 g/mol. The van der Waals surface area contributed by atoms with Crippen molar-refractivity contribution in [3.63, 3.8) is 0 Å². The van der Waals surface area contributed by atoms with Crippen molar-refractivity contribution < 1.29 is 8.78 Å². The molecule has 0 saturated carbocycles. The van der Waals surface area contributed by atoms with Crippen molar-refractivity contribution in [2.45, 2.75) is 13.1 Å². The fourth-order valence-corrected chi connectivity index (χ4v) is 2.51. The van der Waals surface area contributed by atoms with Crippen molar-refractivity contribution in [1.82, 2.24) is 4.98 Å². The molecule has 3 nitrogen and oxygen atoms in total. The van der Waals surface area contributed by atoms with Crippen molar-refractivity contribution in [3.8, 4) is 0 Å². The number of pyridine rings is 1. The van der Waals surface area contributed by atoms with Gasteiger partial charge >= 0.3 is 0 Å². The molecular weight excluding hydrogens is 308 g/mol. The first-order valence-corrected chi connectivity index (χ1v) is 7.58. The third kappa shape index (κ3) is 3.68. The van der Waals surface area contributed by atoms with Crippen LogP contribution < -0.4 is 10.6 Å². The number of nitrogens with two attached hydrogens (primary N) is 1. The molecule has 0 bridgehead atoms. The van der Waals surface area contributed by atoms with E-state index in [1.807, 2.05) is 60.7 Å². The summed E-state index contributed by atoms with van der Waals surface area (Å²) in [7, 11) is 0. The first-order valence-electron chi connectivity index (χ1n) is 7.58. The number of hydrogen-bond acceptors (Lipinski definition) is 3. The first-order chi connectivity index (χ1) is 11.6. The molecule has 3 aromatic rings. The van der Waals surface area contributed by atoms with Gasteiger partial charge in [0.25, 0.3) is 0 Å². The number of anilines is 2. The van der Waals surface area contributed by atoms with E-state index in [2.05, 4.69) is 4.98 Å². The summed E-state index contributed by atoms with van der Waals surface area (Å²) in [5.41, 5.74) is 7.53. The standard InChI is InChI=1S/C19H17F2N3/c20-16-11-17(21)19(23-18(16)22)24(12-14-7-3-1-4-8-14)13-15-9-5-2-6-10-15/h1-11H,12-13H2,(H2,22,23). The van der Waals surface area contributed by atoms with E-state index in [1.165, 1.54) is 0 Å². The summed E-state index contributed by atoms with van der Waals surface area (Å²) in [4.78, 5) is 5.66. The van der Waals surface area contributed by atoms with Crippen molar-refractivity contribution in [1.29, 1.82) is 0 Å². The van der Waals surface area contributed by atoms with Gasteiger partial charge in [0.1, 0.15) is 0 Å². The smallest absolute Gasteiger partial charge is 0.168 e. The summed E-state index contributed by atoms with van der Waals surface area (Å²) < 4.78 is 27.7. The highest BCUT2D eigenvalue weighted by molar-refractivity contribution is 5.48. The normalized spacial score (nSPS) is 10.6. The second kappa shape index (κ2) is 7.08. The summed E-state index contributed by atoms with van der Waals surface area (Å²) in [6, 6.07) is 20.1. The molecule has 3 rings (SSSR count). The van der Waals surface area contributed by atoms with Crippen LogP contribution in [0.5, 0.6) is 0 Å². The minimum Gasteiger partial charge on any atom is -0.381 e. The lowest BCUT2D eigenvalue weighted by Crippen LogP contribution is -2.25. The van der Waals surface area contributed by atoms with Gasteiger partial charge in [-0.2, -0.15) is 0 Å². The van der Waals surface area contributed by atoms with Crippen molar-refractivity contribution >= 4 is 11.6 Å². The van der Waals surface area contributed by atoms with Crippen LogP contribution in [-0.4, -0.2) is 4.98 Å². The highest BCUT2D eigenvalue weighted by Crippen LogP contribution is 2.24. The molecule has 0 aliphatic rings. The largest absolute Gasteiger partial charge is 0.381 e. The number of benzene rings is 2. The van der Waals surface area contributed by atoms with Crippen LogP contribution in [0.4, 0.5) is 20.4 Å². The van der Waals surface area contributed by atoms with Crippen LogP contribution in [0.15, 0.2) is 66.7 Å². The topological polar surface area (TPSA) is 42.1 Å². The maximum atomic E-state index is 14.3. The van der Waals surface area contributed by atoms with E-state index in [-0.39, 0.29) is 11.6 Å². The Morgan fingerprint density at radius 2 is 1.29 bits per heavy atom. The highest BCUT2D eigenvalue weighted by atomic mass is 19.1. The summed E-state index contributed by atoms with van der Waals surface area (Å²) in [6.45, 7) is 0.870. The van der Waals surface area contributed by atoms with Gasteiger partial charge in [0.15, 0.2) is 23.3 Å². The molecule has 5 heteroatoms. The fraction of sp³-hybridized carbons (Fsp3) is 0.105. The SMILES string of the molecule is Nc1nc(N(Cc2ccccc2)Cc2ccccc2)c(F)cc1F. The molecule has 1 heterocycles. The average Bonchev–Trinajstić information content (AvgIpc) is 2.59. The number of halogens is 2. The Kier molecular flexibility index (Phi) is 4.70. The highest BCUT2D eigenvalue weighted by Gasteiger charge is 2.17. The summed E-state index contributed by atoms with van der Waals surface area (Å²) in [6.07, 6.45) is 0. The molecule has 0 fully saturated rings. The molecule has 0 radical (unpaired) electrons. The van der Waals surface area contributed by atoms with Crippen molar-refractivity contribution in [3.05, 3.63) is 89.5 Å². The van der Waals surface area contributed by atoms with Crippen LogP contribution in [0.3, 0.4) is 0 Å². The van der Waals surface area contributed by atoms with Crippen LogP contribution in [0.2, 0.25) is 0 Å². The lowest BCUT2D eigenvalue weighted by molar-refractivity contribution is 0.569. The van der Waals surface area contributed by atoms with Crippen LogP contribution >= 0.6 is 0 Å². The lowest BCUT2D eigenvalue weighted by Gasteiger charge is -2.25. The van der Waals surface area contributed by atoms with E-state index in [0.717, 1.165) is 17.2 Å². The van der Waals surface area contributed by atoms with Crippen molar-refractivity contribution in [2.24, 2.45) is 0 Å². The fourth-order valence-electron chi connectivity index (χ4n) is 2.51. The predicted octanol–water partition coefficient (Wildman–Crippen LogP) is 4.15. The number of rotatable bonds is 5. The first kappa shape index (κ1) is 15.9. The van der Waals surface area contributed by atoms with Crippen LogP contribution in [0, 0.1) is 11.6 Å². The van der Waals surface area contributed by atoms with Gasteiger partial charge in [-0.25, -0.2) is 13.8 Å². The molecule has 2 aromatic carbocycles. The van der Waals surface area contributed by atoms with E-state index < -0.39 is 11.6 Å². The minimum atomic E-state index is -0.851. The Morgan fingerprint density at radius 3 is 1.79 bits per heavy atom. The molecule has 2 N–H and O–H groups in total. The van der Waals surface area contributed by atoms with E-state index >= 15 is 0 Å². The Balaban J connectivity index is 1.96. The van der Waals surface area contributed by atoms with Crippen LogP contribution in [-0.2, 0) is 13.1 Å². The van der Waals surface area contributed by atoms with Gasteiger partial charge in [-0.05, 0) is 11.1 Å². The van der Waals surface area contributed by atoms with E-state index in [9.17, 15) is 8.78 Å². The maximum Gasteiger partial charge on any atom is 0.168 e. The quantitative estimate of drug-likeness (QED) is 0.766. The van der Waals surface area contributed by atoms with Crippen molar-refractivity contribution in [2.75, 3.05) is 10.6 Å². The summed E-state index contributed by atoms with van der Waals surface area (Å²) >= 11 is 0. The minimum absolute atomic E-state index is 0.0432. The Labute approximate surface area is 139 Å². The molecule has 0 spiro atoms. The lowest BCUT2D eigenvalue weighted by atomic mass is 10.1. The van der Waals surface area contributed by atoms with Crippen LogP contribution in [0.25, 0.3) is 0 Å². The number of aromatic nitrogens is 1. The second-order valence-electron chi connectivity index (χ2n) is 5.49. The van der Waals surface area contributed by atoms with Gasteiger partial charge in [0.2, 0.25) is 0 Å². The number of hydrogen-bond donors (Lipinski definition) is 1. The molecule has 0 atom stereocenters. The van der Waals surface area contributed by atoms with Gasteiger partial charge in [-0.1, -0.05) is 60.7 Å². The van der Waals surface area contributed by atoms with E-state index in [1.54, 1.807) is 4.90 Å². The Morgan fingerprint density at radius 1 is 0.792 bits per heavy atom. The molecule has 0 saturated heterocycles. The molecule has 0 amide bonds. The monoisotopic (exact) mass is 325 g/mol. The second-order valence-corrected chi connectivity index (χ2v) is 5.49. The molecule has 0 aliphatic heterocycles.